The molecule has 9 heteroatoms. The van der Waals surface area contributed by atoms with E-state index in [1.165, 1.54) is 0 Å². The molecule has 2 amide bonds. The number of para-hydroxylation sites is 1. The monoisotopic (exact) mass is 551 g/mol. The third kappa shape index (κ3) is 7.11. The molecule has 8 nitrogen and oxygen atoms in total. The summed E-state index contributed by atoms with van der Waals surface area (Å²) in [5.41, 5.74) is 2.65. The molecule has 1 fully saturated rings. The highest BCUT2D eigenvalue weighted by Gasteiger charge is 2.22. The summed E-state index contributed by atoms with van der Waals surface area (Å²) < 4.78 is 5.66. The lowest BCUT2D eigenvalue weighted by Gasteiger charge is -2.26. The van der Waals surface area contributed by atoms with Crippen molar-refractivity contribution in [1.82, 2.24) is 20.9 Å². The standard InChI is InChI=1S/C23H29N5O3.HI/c1-3-31-20-7-5-4-6-19(20)15-27-23(24-2)26-14-17-8-10-18(11-9-17)22(30)28-13-12-25-21(29)16-28;/h4-11H,3,12-16H2,1-2H3,(H,25,29)(H2,24,26,27);1H. The zero-order valence-electron chi connectivity index (χ0n) is 18.4. The Balaban J connectivity index is 0.00000363. The van der Waals surface area contributed by atoms with Crippen molar-refractivity contribution < 1.29 is 14.3 Å². The maximum Gasteiger partial charge on any atom is 0.254 e. The molecular weight excluding hydrogens is 521 g/mol. The summed E-state index contributed by atoms with van der Waals surface area (Å²) in [7, 11) is 1.72. The second-order valence-corrected chi connectivity index (χ2v) is 7.09. The molecule has 1 saturated heterocycles. The van der Waals surface area contributed by atoms with Crippen LogP contribution in [0.25, 0.3) is 0 Å². The number of ether oxygens (including phenoxy) is 1. The SMILES string of the molecule is CCOc1ccccc1CNC(=NC)NCc1ccc(C(=O)N2CCNC(=O)C2)cc1.I. The van der Waals surface area contributed by atoms with Gasteiger partial charge in [-0.1, -0.05) is 30.3 Å². The van der Waals surface area contributed by atoms with Gasteiger partial charge in [0.25, 0.3) is 5.91 Å². The maximum atomic E-state index is 12.6. The molecule has 0 radical (unpaired) electrons. The average Bonchev–Trinajstić information content (AvgIpc) is 2.80. The van der Waals surface area contributed by atoms with E-state index in [9.17, 15) is 9.59 Å². The van der Waals surface area contributed by atoms with Crippen molar-refractivity contribution in [3.63, 3.8) is 0 Å². The van der Waals surface area contributed by atoms with E-state index in [1.54, 1.807) is 24.1 Å². The number of hydrogen-bond donors (Lipinski definition) is 3. The zero-order chi connectivity index (χ0) is 22.1. The summed E-state index contributed by atoms with van der Waals surface area (Å²) in [6.07, 6.45) is 0. The predicted octanol–water partition coefficient (Wildman–Crippen LogP) is 2.14. The molecule has 0 atom stereocenters. The Morgan fingerprint density at radius 1 is 1.12 bits per heavy atom. The Hall–Kier alpha value is -2.82. The lowest BCUT2D eigenvalue weighted by atomic mass is 10.1. The van der Waals surface area contributed by atoms with Gasteiger partial charge in [-0.05, 0) is 30.7 Å². The first-order valence-corrected chi connectivity index (χ1v) is 10.4. The Kier molecular flexibility index (Phi) is 10.3. The normalized spacial score (nSPS) is 13.6. The van der Waals surface area contributed by atoms with E-state index in [-0.39, 0.29) is 42.3 Å². The first-order chi connectivity index (χ1) is 15.1. The van der Waals surface area contributed by atoms with E-state index < -0.39 is 0 Å². The van der Waals surface area contributed by atoms with Crippen LogP contribution in [0, 0.1) is 0 Å². The van der Waals surface area contributed by atoms with Gasteiger partial charge in [-0.25, -0.2) is 0 Å². The first-order valence-electron chi connectivity index (χ1n) is 10.4. The van der Waals surface area contributed by atoms with Gasteiger partial charge >= 0.3 is 0 Å². The number of aliphatic imine (C=N–C) groups is 1. The van der Waals surface area contributed by atoms with Crippen LogP contribution in [0.3, 0.4) is 0 Å². The second-order valence-electron chi connectivity index (χ2n) is 7.09. The molecule has 1 aliphatic rings. The highest BCUT2D eigenvalue weighted by Crippen LogP contribution is 2.17. The fraction of sp³-hybridized carbons (Fsp3) is 0.348. The molecule has 3 N–H and O–H groups in total. The van der Waals surface area contributed by atoms with Crippen LogP contribution in [-0.2, 0) is 17.9 Å². The van der Waals surface area contributed by atoms with Crippen LogP contribution < -0.4 is 20.7 Å². The van der Waals surface area contributed by atoms with Gasteiger partial charge in [-0.2, -0.15) is 0 Å². The summed E-state index contributed by atoms with van der Waals surface area (Å²) in [5.74, 6) is 1.29. The lowest BCUT2D eigenvalue weighted by Crippen LogP contribution is -2.49. The minimum Gasteiger partial charge on any atom is -0.494 e. The van der Waals surface area contributed by atoms with Crippen LogP contribution in [-0.4, -0.2) is 56.0 Å². The Morgan fingerprint density at radius 2 is 1.84 bits per heavy atom. The fourth-order valence-corrected chi connectivity index (χ4v) is 3.29. The molecule has 0 spiro atoms. The van der Waals surface area contributed by atoms with Gasteiger partial charge in [0, 0.05) is 44.4 Å². The molecule has 1 aliphatic heterocycles. The van der Waals surface area contributed by atoms with Crippen LogP contribution in [0.4, 0.5) is 0 Å². The quantitative estimate of drug-likeness (QED) is 0.279. The van der Waals surface area contributed by atoms with Crippen molar-refractivity contribution in [2.75, 3.05) is 33.3 Å². The van der Waals surface area contributed by atoms with Gasteiger partial charge < -0.3 is 25.6 Å². The molecule has 1 heterocycles. The second kappa shape index (κ2) is 12.9. The largest absolute Gasteiger partial charge is 0.494 e. The van der Waals surface area contributed by atoms with Gasteiger partial charge in [0.05, 0.1) is 13.2 Å². The van der Waals surface area contributed by atoms with Crippen LogP contribution in [0.15, 0.2) is 53.5 Å². The topological polar surface area (TPSA) is 95.1 Å². The number of hydrogen-bond acceptors (Lipinski definition) is 4. The number of guanidine groups is 1. The number of halogens is 1. The average molecular weight is 551 g/mol. The van der Waals surface area contributed by atoms with Crippen molar-refractivity contribution in [2.24, 2.45) is 4.99 Å². The van der Waals surface area contributed by atoms with E-state index in [0.29, 0.717) is 44.3 Å². The molecule has 172 valence electrons. The van der Waals surface area contributed by atoms with Crippen molar-refractivity contribution in [2.45, 2.75) is 20.0 Å². The number of carbonyl (C=O) groups excluding carboxylic acids is 2. The number of piperazine rings is 1. The van der Waals surface area contributed by atoms with E-state index in [1.807, 2.05) is 43.3 Å². The smallest absolute Gasteiger partial charge is 0.254 e. The number of nitrogens with zero attached hydrogens (tertiary/aromatic N) is 2. The van der Waals surface area contributed by atoms with Gasteiger partial charge in [0.1, 0.15) is 5.75 Å². The van der Waals surface area contributed by atoms with Crippen molar-refractivity contribution in [1.29, 1.82) is 0 Å². The molecular formula is C23H30IN5O3. The molecule has 32 heavy (non-hydrogen) atoms. The summed E-state index contributed by atoms with van der Waals surface area (Å²) in [4.78, 5) is 29.9. The van der Waals surface area contributed by atoms with E-state index in [0.717, 1.165) is 16.9 Å². The minimum atomic E-state index is -0.125. The number of rotatable bonds is 7. The highest BCUT2D eigenvalue weighted by atomic mass is 127. The van der Waals surface area contributed by atoms with E-state index in [4.69, 9.17) is 4.74 Å². The van der Waals surface area contributed by atoms with Gasteiger partial charge in [-0.15, -0.1) is 24.0 Å². The molecule has 2 aromatic rings. The van der Waals surface area contributed by atoms with Gasteiger partial charge in [0.2, 0.25) is 5.91 Å². The predicted molar refractivity (Wildman–Crippen MR) is 135 cm³/mol. The van der Waals surface area contributed by atoms with Gasteiger partial charge in [0.15, 0.2) is 5.96 Å². The summed E-state index contributed by atoms with van der Waals surface area (Å²) in [6, 6.07) is 15.3. The number of amides is 2. The molecule has 0 saturated carbocycles. The number of benzene rings is 2. The molecule has 0 aromatic heterocycles. The van der Waals surface area contributed by atoms with Crippen molar-refractivity contribution >= 4 is 41.8 Å². The lowest BCUT2D eigenvalue weighted by molar-refractivity contribution is -0.123. The molecule has 0 unspecified atom stereocenters. The molecule has 0 bridgehead atoms. The molecule has 0 aliphatic carbocycles. The number of nitrogens with one attached hydrogen (secondary N) is 3. The van der Waals surface area contributed by atoms with E-state index in [2.05, 4.69) is 20.9 Å². The summed E-state index contributed by atoms with van der Waals surface area (Å²) >= 11 is 0. The Morgan fingerprint density at radius 3 is 2.53 bits per heavy atom. The summed E-state index contributed by atoms with van der Waals surface area (Å²) in [5, 5.41) is 9.29. The Labute approximate surface area is 205 Å². The van der Waals surface area contributed by atoms with Crippen LogP contribution in [0.1, 0.15) is 28.4 Å². The highest BCUT2D eigenvalue weighted by molar-refractivity contribution is 14.0. The zero-order valence-corrected chi connectivity index (χ0v) is 20.7. The van der Waals surface area contributed by atoms with Crippen LogP contribution in [0.2, 0.25) is 0 Å². The maximum absolute atomic E-state index is 12.6. The fourth-order valence-electron chi connectivity index (χ4n) is 3.29. The first kappa shape index (κ1) is 25.4. The third-order valence-electron chi connectivity index (χ3n) is 4.93. The Bertz CT molecular complexity index is 933. The summed E-state index contributed by atoms with van der Waals surface area (Å²) in [6.45, 7) is 4.87. The van der Waals surface area contributed by atoms with Crippen molar-refractivity contribution in [3.05, 3.63) is 65.2 Å². The van der Waals surface area contributed by atoms with Crippen LogP contribution >= 0.6 is 24.0 Å². The third-order valence-corrected chi connectivity index (χ3v) is 4.93. The van der Waals surface area contributed by atoms with Gasteiger partial charge in [-0.3, -0.25) is 14.6 Å². The van der Waals surface area contributed by atoms with Crippen LogP contribution in [0.5, 0.6) is 5.75 Å². The number of carbonyl (C=O) groups is 2. The molecule has 3 rings (SSSR count). The molecule has 2 aromatic carbocycles. The minimum absolute atomic E-state index is 0. The van der Waals surface area contributed by atoms with Crippen molar-refractivity contribution in [3.8, 4) is 5.75 Å². The van der Waals surface area contributed by atoms with E-state index >= 15 is 0 Å².